The van der Waals surface area contributed by atoms with Crippen molar-refractivity contribution in [1.82, 2.24) is 15.6 Å². The number of alkyl halides is 3. The van der Waals surface area contributed by atoms with Crippen LogP contribution in [0.15, 0.2) is 18.3 Å². The average molecular weight is 317 g/mol. The Kier molecular flexibility index (Phi) is 5.59. The molecule has 1 heterocycles. The van der Waals surface area contributed by atoms with Gasteiger partial charge in [-0.25, -0.2) is 4.98 Å². The number of rotatable bonds is 8. The van der Waals surface area contributed by atoms with Crippen molar-refractivity contribution in [2.24, 2.45) is 5.92 Å². The molecule has 0 atom stereocenters. The third kappa shape index (κ3) is 6.75. The van der Waals surface area contributed by atoms with E-state index in [4.69, 9.17) is 0 Å². The number of ether oxygens (including phenoxy) is 1. The fraction of sp³-hybridized carbons (Fsp3) is 0.571. The van der Waals surface area contributed by atoms with Gasteiger partial charge in [-0.2, -0.15) is 13.2 Å². The van der Waals surface area contributed by atoms with E-state index >= 15 is 0 Å². The van der Waals surface area contributed by atoms with Gasteiger partial charge in [-0.3, -0.25) is 4.79 Å². The quantitative estimate of drug-likeness (QED) is 0.765. The van der Waals surface area contributed by atoms with Crippen LogP contribution in [0.4, 0.5) is 13.2 Å². The Labute approximate surface area is 126 Å². The van der Waals surface area contributed by atoms with Gasteiger partial charge < -0.3 is 15.4 Å². The van der Waals surface area contributed by atoms with Crippen LogP contribution in [0.5, 0.6) is 5.88 Å². The van der Waals surface area contributed by atoms with Gasteiger partial charge in [-0.1, -0.05) is 0 Å². The molecule has 122 valence electrons. The predicted octanol–water partition coefficient (Wildman–Crippen LogP) is 1.64. The summed E-state index contributed by atoms with van der Waals surface area (Å²) in [5.74, 6) is 0.424. The highest BCUT2D eigenvalue weighted by molar-refractivity contribution is 5.77. The molecule has 5 nitrogen and oxygen atoms in total. The number of hydrogen-bond acceptors (Lipinski definition) is 4. The molecule has 8 heteroatoms. The first kappa shape index (κ1) is 16.5. The van der Waals surface area contributed by atoms with Crippen LogP contribution in [0.3, 0.4) is 0 Å². The van der Waals surface area contributed by atoms with Gasteiger partial charge >= 0.3 is 6.18 Å². The van der Waals surface area contributed by atoms with Gasteiger partial charge in [0.15, 0.2) is 6.61 Å². The molecular weight excluding hydrogens is 299 g/mol. The standard InChI is InChI=1S/C14H18F3N3O2/c15-14(16,17)9-22-13-5-11(3-4-19-13)7-20-12(21)8-18-6-10-1-2-10/h3-5,10,18H,1-2,6-9H2,(H,20,21). The molecule has 1 aliphatic carbocycles. The van der Waals surface area contributed by atoms with Crippen LogP contribution in [0.25, 0.3) is 0 Å². The minimum atomic E-state index is -4.40. The van der Waals surface area contributed by atoms with E-state index in [-0.39, 0.29) is 24.9 Å². The highest BCUT2D eigenvalue weighted by atomic mass is 19.4. The van der Waals surface area contributed by atoms with E-state index in [1.54, 1.807) is 6.07 Å². The molecule has 1 aromatic rings. The molecule has 2 N–H and O–H groups in total. The smallest absolute Gasteiger partial charge is 0.422 e. The van der Waals surface area contributed by atoms with Crippen molar-refractivity contribution >= 4 is 5.91 Å². The van der Waals surface area contributed by atoms with E-state index in [9.17, 15) is 18.0 Å². The summed E-state index contributed by atoms with van der Waals surface area (Å²) in [4.78, 5) is 15.3. The predicted molar refractivity (Wildman–Crippen MR) is 73.2 cm³/mol. The zero-order valence-corrected chi connectivity index (χ0v) is 11.9. The first-order valence-corrected chi connectivity index (χ1v) is 7.04. The topological polar surface area (TPSA) is 63.2 Å². The number of aromatic nitrogens is 1. The fourth-order valence-corrected chi connectivity index (χ4v) is 1.77. The van der Waals surface area contributed by atoms with E-state index in [1.165, 1.54) is 25.1 Å². The molecule has 0 aromatic carbocycles. The van der Waals surface area contributed by atoms with Crippen molar-refractivity contribution in [2.45, 2.75) is 25.6 Å². The maximum absolute atomic E-state index is 12.1. The van der Waals surface area contributed by atoms with Gasteiger partial charge in [-0.15, -0.1) is 0 Å². The van der Waals surface area contributed by atoms with Crippen LogP contribution in [-0.2, 0) is 11.3 Å². The summed E-state index contributed by atoms with van der Waals surface area (Å²) in [5, 5.41) is 5.74. The Morgan fingerprint density at radius 2 is 2.18 bits per heavy atom. The lowest BCUT2D eigenvalue weighted by Gasteiger charge is -2.10. The van der Waals surface area contributed by atoms with Crippen LogP contribution in [0, 0.1) is 5.92 Å². The zero-order valence-electron chi connectivity index (χ0n) is 11.9. The van der Waals surface area contributed by atoms with Gasteiger partial charge in [0.2, 0.25) is 11.8 Å². The molecule has 1 amide bonds. The Morgan fingerprint density at radius 3 is 2.86 bits per heavy atom. The normalized spacial score (nSPS) is 14.7. The number of halogens is 3. The number of nitrogens with zero attached hydrogens (tertiary/aromatic N) is 1. The lowest BCUT2D eigenvalue weighted by Crippen LogP contribution is -2.34. The third-order valence-corrected chi connectivity index (χ3v) is 3.09. The van der Waals surface area contributed by atoms with E-state index in [0.717, 1.165) is 6.54 Å². The molecule has 0 spiro atoms. The Hall–Kier alpha value is -1.83. The Morgan fingerprint density at radius 1 is 1.41 bits per heavy atom. The van der Waals surface area contributed by atoms with E-state index < -0.39 is 12.8 Å². The molecule has 0 bridgehead atoms. The molecule has 0 aliphatic heterocycles. The van der Waals surface area contributed by atoms with Crippen LogP contribution < -0.4 is 15.4 Å². The van der Waals surface area contributed by atoms with E-state index in [0.29, 0.717) is 11.5 Å². The lowest BCUT2D eigenvalue weighted by molar-refractivity contribution is -0.154. The minimum absolute atomic E-state index is 0.115. The molecule has 0 unspecified atom stereocenters. The van der Waals surface area contributed by atoms with Crippen molar-refractivity contribution in [2.75, 3.05) is 19.7 Å². The van der Waals surface area contributed by atoms with Crippen LogP contribution in [0.1, 0.15) is 18.4 Å². The first-order chi connectivity index (χ1) is 10.4. The lowest BCUT2D eigenvalue weighted by atomic mass is 10.2. The van der Waals surface area contributed by atoms with Gasteiger partial charge in [-0.05, 0) is 36.9 Å². The molecule has 0 radical (unpaired) electrons. The van der Waals surface area contributed by atoms with Crippen LogP contribution in [-0.4, -0.2) is 36.8 Å². The van der Waals surface area contributed by atoms with Crippen molar-refractivity contribution in [3.05, 3.63) is 23.9 Å². The summed E-state index contributed by atoms with van der Waals surface area (Å²) < 4.78 is 40.7. The molecule has 1 saturated carbocycles. The second kappa shape index (κ2) is 7.44. The second-order valence-electron chi connectivity index (χ2n) is 5.26. The number of amides is 1. The summed E-state index contributed by atoms with van der Waals surface area (Å²) in [7, 11) is 0. The number of pyridine rings is 1. The molecule has 1 aromatic heterocycles. The maximum atomic E-state index is 12.1. The molecule has 22 heavy (non-hydrogen) atoms. The largest absolute Gasteiger partial charge is 0.468 e. The number of nitrogens with one attached hydrogen (secondary N) is 2. The number of carbonyl (C=O) groups is 1. The summed E-state index contributed by atoms with van der Waals surface area (Å²) in [6.45, 7) is -0.0904. The van der Waals surface area contributed by atoms with Gasteiger partial charge in [0, 0.05) is 18.8 Å². The second-order valence-corrected chi connectivity index (χ2v) is 5.26. The first-order valence-electron chi connectivity index (χ1n) is 7.04. The SMILES string of the molecule is O=C(CNCC1CC1)NCc1ccnc(OCC(F)(F)F)c1. The molecule has 1 aliphatic rings. The van der Waals surface area contributed by atoms with Crippen LogP contribution >= 0.6 is 0 Å². The van der Waals surface area contributed by atoms with Crippen molar-refractivity contribution in [3.8, 4) is 5.88 Å². The van der Waals surface area contributed by atoms with Crippen molar-refractivity contribution in [3.63, 3.8) is 0 Å². The average Bonchev–Trinajstić information content (AvgIpc) is 3.27. The highest BCUT2D eigenvalue weighted by Gasteiger charge is 2.28. The van der Waals surface area contributed by atoms with E-state index in [1.807, 2.05) is 0 Å². The van der Waals surface area contributed by atoms with Crippen molar-refractivity contribution < 1.29 is 22.7 Å². The summed E-state index contributed by atoms with van der Waals surface area (Å²) in [6, 6.07) is 2.99. The summed E-state index contributed by atoms with van der Waals surface area (Å²) in [6.07, 6.45) is -0.629. The zero-order chi connectivity index (χ0) is 16.0. The van der Waals surface area contributed by atoms with Crippen molar-refractivity contribution in [1.29, 1.82) is 0 Å². The Bertz CT molecular complexity index is 504. The number of carbonyl (C=O) groups excluding carboxylic acids is 1. The molecule has 1 fully saturated rings. The monoisotopic (exact) mass is 317 g/mol. The van der Waals surface area contributed by atoms with E-state index in [2.05, 4.69) is 20.4 Å². The van der Waals surface area contributed by atoms with Crippen LogP contribution in [0.2, 0.25) is 0 Å². The summed E-state index contributed by atoms with van der Waals surface area (Å²) >= 11 is 0. The molecule has 0 saturated heterocycles. The number of hydrogen-bond donors (Lipinski definition) is 2. The third-order valence-electron chi connectivity index (χ3n) is 3.09. The van der Waals surface area contributed by atoms with Gasteiger partial charge in [0.25, 0.3) is 0 Å². The Balaban J connectivity index is 1.71. The summed E-state index contributed by atoms with van der Waals surface area (Å²) in [5.41, 5.74) is 0.628. The van der Waals surface area contributed by atoms with Gasteiger partial charge in [0.05, 0.1) is 6.54 Å². The minimum Gasteiger partial charge on any atom is -0.468 e. The van der Waals surface area contributed by atoms with Gasteiger partial charge in [0.1, 0.15) is 0 Å². The highest BCUT2D eigenvalue weighted by Crippen LogP contribution is 2.27. The maximum Gasteiger partial charge on any atom is 0.422 e. The molecule has 2 rings (SSSR count). The fourth-order valence-electron chi connectivity index (χ4n) is 1.77. The molecular formula is C14H18F3N3O2.